The van der Waals surface area contributed by atoms with Crippen molar-refractivity contribution in [1.82, 2.24) is 14.6 Å². The number of hydrogen-bond donors (Lipinski definition) is 1. The maximum Gasteiger partial charge on any atom is 0.168 e. The quantitative estimate of drug-likeness (QED) is 0.669. The summed E-state index contributed by atoms with van der Waals surface area (Å²) in [5.74, 6) is 0.769. The molecule has 0 atom stereocenters. The summed E-state index contributed by atoms with van der Waals surface area (Å²) < 4.78 is 3.77. The Morgan fingerprint density at radius 1 is 1.06 bits per heavy atom. The molecule has 0 fully saturated rings. The van der Waals surface area contributed by atoms with E-state index in [0.717, 1.165) is 26.0 Å². The molecule has 3 aromatic rings. The van der Waals surface area contributed by atoms with Gasteiger partial charge in [-0.3, -0.25) is 4.40 Å². The van der Waals surface area contributed by atoms with Crippen LogP contribution in [0.5, 0.6) is 0 Å². The summed E-state index contributed by atoms with van der Waals surface area (Å²) in [4.78, 5) is 0. The molecule has 2 heterocycles. The molecule has 0 saturated carbocycles. The summed E-state index contributed by atoms with van der Waals surface area (Å²) >= 11 is 6.82. The third-order valence-electron chi connectivity index (χ3n) is 2.62. The van der Waals surface area contributed by atoms with E-state index < -0.39 is 0 Å². The number of pyridine rings is 1. The topological polar surface area (TPSA) is 56.2 Å². The van der Waals surface area contributed by atoms with E-state index >= 15 is 0 Å². The summed E-state index contributed by atoms with van der Waals surface area (Å²) in [6, 6.07) is 9.58. The van der Waals surface area contributed by atoms with Crippen molar-refractivity contribution in [2.75, 3.05) is 5.73 Å². The van der Waals surface area contributed by atoms with Gasteiger partial charge < -0.3 is 5.73 Å². The Hall–Kier alpha value is -1.40. The molecule has 2 N–H and O–H groups in total. The van der Waals surface area contributed by atoms with Gasteiger partial charge in [-0.05, 0) is 62.2 Å². The molecule has 6 heteroatoms. The van der Waals surface area contributed by atoms with Crippen molar-refractivity contribution in [1.29, 1.82) is 0 Å². The lowest BCUT2D eigenvalue weighted by atomic mass is 10.2. The molecule has 0 unspecified atom stereocenters. The fraction of sp³-hybridized carbons (Fsp3) is 0. The lowest BCUT2D eigenvalue weighted by Crippen LogP contribution is -1.92. The maximum atomic E-state index is 5.89. The van der Waals surface area contributed by atoms with Crippen LogP contribution in [-0.4, -0.2) is 14.6 Å². The van der Waals surface area contributed by atoms with Gasteiger partial charge in [-0.2, -0.15) is 0 Å². The molecule has 1 aromatic carbocycles. The van der Waals surface area contributed by atoms with Gasteiger partial charge in [0.1, 0.15) is 0 Å². The highest BCUT2D eigenvalue weighted by molar-refractivity contribution is 9.10. The maximum absolute atomic E-state index is 5.89. The number of nitrogens with zero attached hydrogens (tertiary/aromatic N) is 3. The molecule has 0 spiro atoms. The average molecular weight is 368 g/mol. The Morgan fingerprint density at radius 2 is 1.89 bits per heavy atom. The molecular weight excluding hydrogens is 360 g/mol. The van der Waals surface area contributed by atoms with Crippen molar-refractivity contribution in [3.05, 3.63) is 45.5 Å². The Kier molecular flexibility index (Phi) is 2.83. The zero-order valence-electron chi connectivity index (χ0n) is 9.14. The lowest BCUT2D eigenvalue weighted by molar-refractivity contribution is 1.11. The van der Waals surface area contributed by atoms with Crippen LogP contribution in [0.25, 0.3) is 17.0 Å². The van der Waals surface area contributed by atoms with Crippen LogP contribution in [0.4, 0.5) is 5.69 Å². The second-order valence-electron chi connectivity index (χ2n) is 3.84. The van der Waals surface area contributed by atoms with E-state index in [4.69, 9.17) is 5.73 Å². The van der Waals surface area contributed by atoms with Crippen LogP contribution in [0.15, 0.2) is 45.5 Å². The molecule has 0 aliphatic rings. The highest BCUT2D eigenvalue weighted by atomic mass is 79.9. The number of halogens is 2. The summed E-state index contributed by atoms with van der Waals surface area (Å²) in [5.41, 5.74) is 8.30. The van der Waals surface area contributed by atoms with Gasteiger partial charge in [-0.25, -0.2) is 0 Å². The van der Waals surface area contributed by atoms with Gasteiger partial charge in [0.2, 0.25) is 0 Å². The molecule has 2 aromatic heterocycles. The fourth-order valence-electron chi connectivity index (χ4n) is 1.74. The van der Waals surface area contributed by atoms with Crippen LogP contribution in [0.2, 0.25) is 0 Å². The van der Waals surface area contributed by atoms with E-state index in [0.29, 0.717) is 5.69 Å². The SMILES string of the molecule is Nc1cc(-c2nnc3ccc(Br)cn23)ccc1Br. The number of nitrogens with two attached hydrogens (primary N) is 1. The number of anilines is 1. The molecule has 90 valence electrons. The van der Waals surface area contributed by atoms with Crippen LogP contribution >= 0.6 is 31.9 Å². The number of aromatic nitrogens is 3. The Labute approximate surface area is 120 Å². The van der Waals surface area contributed by atoms with Gasteiger partial charge in [0.25, 0.3) is 0 Å². The molecular formula is C12H8Br2N4. The summed E-state index contributed by atoms with van der Waals surface area (Å²) in [7, 11) is 0. The van der Waals surface area contributed by atoms with Crippen molar-refractivity contribution in [3.63, 3.8) is 0 Å². The second-order valence-corrected chi connectivity index (χ2v) is 5.61. The molecule has 0 saturated heterocycles. The normalized spacial score (nSPS) is 11.0. The first-order chi connectivity index (χ1) is 8.65. The first-order valence-corrected chi connectivity index (χ1v) is 6.79. The van der Waals surface area contributed by atoms with Crippen molar-refractivity contribution in [2.24, 2.45) is 0 Å². The molecule has 0 aliphatic carbocycles. The Balaban J connectivity index is 2.24. The Bertz CT molecular complexity index is 736. The minimum atomic E-state index is 0.680. The van der Waals surface area contributed by atoms with Crippen molar-refractivity contribution < 1.29 is 0 Å². The summed E-state index contributed by atoms with van der Waals surface area (Å²) in [6.45, 7) is 0. The molecule has 0 amide bonds. The van der Waals surface area contributed by atoms with Crippen LogP contribution in [-0.2, 0) is 0 Å². The smallest absolute Gasteiger partial charge is 0.168 e. The largest absolute Gasteiger partial charge is 0.398 e. The third-order valence-corrected chi connectivity index (χ3v) is 3.81. The number of fused-ring (bicyclic) bond motifs is 1. The minimum Gasteiger partial charge on any atom is -0.398 e. The van der Waals surface area contributed by atoms with E-state index in [9.17, 15) is 0 Å². The van der Waals surface area contributed by atoms with E-state index in [1.165, 1.54) is 0 Å². The average Bonchev–Trinajstić information content (AvgIpc) is 2.75. The predicted molar refractivity (Wildman–Crippen MR) is 78.2 cm³/mol. The van der Waals surface area contributed by atoms with Gasteiger partial charge in [-0.1, -0.05) is 0 Å². The highest BCUT2D eigenvalue weighted by Gasteiger charge is 2.09. The van der Waals surface area contributed by atoms with Gasteiger partial charge in [0.05, 0.1) is 0 Å². The summed E-state index contributed by atoms with van der Waals surface area (Å²) in [5, 5.41) is 8.33. The molecule has 0 radical (unpaired) electrons. The summed E-state index contributed by atoms with van der Waals surface area (Å²) in [6.07, 6.45) is 1.93. The van der Waals surface area contributed by atoms with Crippen molar-refractivity contribution in [3.8, 4) is 11.4 Å². The van der Waals surface area contributed by atoms with Crippen LogP contribution in [0, 0.1) is 0 Å². The first-order valence-electron chi connectivity index (χ1n) is 5.21. The van der Waals surface area contributed by atoms with Gasteiger partial charge >= 0.3 is 0 Å². The molecule has 0 bridgehead atoms. The van der Waals surface area contributed by atoms with Gasteiger partial charge in [0.15, 0.2) is 11.5 Å². The van der Waals surface area contributed by atoms with E-state index in [1.54, 1.807) is 0 Å². The lowest BCUT2D eigenvalue weighted by Gasteiger charge is -2.03. The third kappa shape index (κ3) is 1.91. The van der Waals surface area contributed by atoms with Crippen molar-refractivity contribution in [2.45, 2.75) is 0 Å². The monoisotopic (exact) mass is 366 g/mol. The fourth-order valence-corrected chi connectivity index (χ4v) is 2.33. The van der Waals surface area contributed by atoms with Gasteiger partial charge in [0, 0.05) is 26.4 Å². The van der Waals surface area contributed by atoms with Gasteiger partial charge in [-0.15, -0.1) is 10.2 Å². The zero-order chi connectivity index (χ0) is 12.7. The second kappa shape index (κ2) is 4.37. The van der Waals surface area contributed by atoms with E-state index in [-0.39, 0.29) is 0 Å². The number of benzene rings is 1. The zero-order valence-corrected chi connectivity index (χ0v) is 12.3. The number of nitrogen functional groups attached to an aromatic ring is 1. The molecule has 3 rings (SSSR count). The molecule has 0 aliphatic heterocycles. The molecule has 18 heavy (non-hydrogen) atoms. The highest BCUT2D eigenvalue weighted by Crippen LogP contribution is 2.26. The predicted octanol–water partition coefficient (Wildman–Crippen LogP) is 3.50. The Morgan fingerprint density at radius 3 is 2.67 bits per heavy atom. The number of rotatable bonds is 1. The number of hydrogen-bond acceptors (Lipinski definition) is 3. The van der Waals surface area contributed by atoms with E-state index in [2.05, 4.69) is 42.1 Å². The standard InChI is InChI=1S/C12H8Br2N4/c13-8-2-4-11-16-17-12(18(11)6-8)7-1-3-9(14)10(15)5-7/h1-6H,15H2. The van der Waals surface area contributed by atoms with E-state index in [1.807, 2.05) is 40.9 Å². The van der Waals surface area contributed by atoms with Crippen molar-refractivity contribution >= 4 is 43.2 Å². The first kappa shape index (κ1) is 11.7. The van der Waals surface area contributed by atoms with Crippen LogP contribution in [0.3, 0.4) is 0 Å². The minimum absolute atomic E-state index is 0.680. The van der Waals surface area contributed by atoms with Crippen LogP contribution < -0.4 is 5.73 Å². The molecule has 4 nitrogen and oxygen atoms in total. The van der Waals surface area contributed by atoms with Crippen LogP contribution in [0.1, 0.15) is 0 Å².